The van der Waals surface area contributed by atoms with Crippen LogP contribution in [0.4, 0.5) is 14.5 Å². The number of ether oxygens (including phenoxy) is 1. The molecule has 0 aliphatic carbocycles. The number of rotatable bonds is 8. The first-order valence-corrected chi connectivity index (χ1v) is 6.89. The lowest BCUT2D eigenvalue weighted by Gasteiger charge is -2.08. The second kappa shape index (κ2) is 8.17. The van der Waals surface area contributed by atoms with Crippen LogP contribution < -0.4 is 10.1 Å². The van der Waals surface area contributed by atoms with E-state index in [1.54, 1.807) is 12.1 Å². The molecule has 17 heavy (non-hydrogen) atoms. The van der Waals surface area contributed by atoms with Gasteiger partial charge in [-0.2, -0.15) is 20.5 Å². The molecule has 0 bridgehead atoms. The van der Waals surface area contributed by atoms with Crippen LogP contribution in [-0.4, -0.2) is 25.2 Å². The average molecular weight is 261 g/mol. The fraction of sp³-hybridized carbons (Fsp3) is 0.500. The van der Waals surface area contributed by atoms with E-state index in [9.17, 15) is 8.78 Å². The van der Waals surface area contributed by atoms with Crippen LogP contribution in [-0.2, 0) is 0 Å². The van der Waals surface area contributed by atoms with Gasteiger partial charge in [0.25, 0.3) is 0 Å². The largest absolute Gasteiger partial charge is 0.435 e. The summed E-state index contributed by atoms with van der Waals surface area (Å²) in [5, 5.41) is 3.18. The standard InChI is InChI=1S/C12H17F2NOS/c1-17-8-3-2-7-15-10-5-4-6-11(9-10)16-12(13)14/h4-6,9,12,15H,2-3,7-8H2,1H3. The highest BCUT2D eigenvalue weighted by Gasteiger charge is 2.04. The van der Waals surface area contributed by atoms with E-state index >= 15 is 0 Å². The molecule has 0 saturated carbocycles. The zero-order chi connectivity index (χ0) is 12.5. The van der Waals surface area contributed by atoms with Crippen LogP contribution in [0.3, 0.4) is 0 Å². The molecule has 0 aliphatic heterocycles. The molecule has 0 atom stereocenters. The molecule has 96 valence electrons. The Balaban J connectivity index is 2.32. The smallest absolute Gasteiger partial charge is 0.387 e. The number of unbranched alkanes of at least 4 members (excludes halogenated alkanes) is 1. The molecule has 0 fully saturated rings. The molecule has 1 aromatic carbocycles. The number of alkyl halides is 2. The van der Waals surface area contributed by atoms with Crippen molar-refractivity contribution in [2.45, 2.75) is 19.5 Å². The monoisotopic (exact) mass is 261 g/mol. The number of nitrogens with one attached hydrogen (secondary N) is 1. The van der Waals surface area contributed by atoms with Gasteiger partial charge in [-0.15, -0.1) is 0 Å². The van der Waals surface area contributed by atoms with Crippen molar-refractivity contribution in [1.82, 2.24) is 0 Å². The zero-order valence-corrected chi connectivity index (χ0v) is 10.6. The minimum Gasteiger partial charge on any atom is -0.435 e. The van der Waals surface area contributed by atoms with Gasteiger partial charge in [0, 0.05) is 18.3 Å². The number of benzene rings is 1. The van der Waals surface area contributed by atoms with Crippen LogP contribution in [0.15, 0.2) is 24.3 Å². The van der Waals surface area contributed by atoms with Crippen LogP contribution >= 0.6 is 11.8 Å². The highest BCUT2D eigenvalue weighted by molar-refractivity contribution is 7.98. The van der Waals surface area contributed by atoms with Crippen LogP contribution in [0.5, 0.6) is 5.75 Å². The maximum atomic E-state index is 12.0. The van der Waals surface area contributed by atoms with Gasteiger partial charge in [-0.3, -0.25) is 0 Å². The molecule has 0 amide bonds. The Morgan fingerprint density at radius 1 is 1.35 bits per heavy atom. The molecule has 0 saturated heterocycles. The predicted molar refractivity (Wildman–Crippen MR) is 69.2 cm³/mol. The first-order valence-electron chi connectivity index (χ1n) is 5.50. The van der Waals surface area contributed by atoms with Gasteiger partial charge in [-0.1, -0.05) is 6.07 Å². The molecular weight excluding hydrogens is 244 g/mol. The lowest BCUT2D eigenvalue weighted by atomic mass is 10.3. The summed E-state index contributed by atoms with van der Waals surface area (Å²) in [6, 6.07) is 6.64. The summed E-state index contributed by atoms with van der Waals surface area (Å²) in [6.45, 7) is -1.93. The SMILES string of the molecule is CSCCCCNc1cccc(OC(F)F)c1. The number of hydrogen-bond donors (Lipinski definition) is 1. The van der Waals surface area contributed by atoms with E-state index < -0.39 is 6.61 Å². The summed E-state index contributed by atoms with van der Waals surface area (Å²) >= 11 is 1.83. The maximum Gasteiger partial charge on any atom is 0.387 e. The lowest BCUT2D eigenvalue weighted by Crippen LogP contribution is -2.04. The number of anilines is 1. The molecule has 1 aromatic rings. The van der Waals surface area contributed by atoms with Crippen molar-refractivity contribution in [3.63, 3.8) is 0 Å². The van der Waals surface area contributed by atoms with Gasteiger partial charge in [0.1, 0.15) is 5.75 Å². The third-order valence-corrected chi connectivity index (χ3v) is 2.86. The normalized spacial score (nSPS) is 10.6. The Kier molecular flexibility index (Phi) is 6.77. The lowest BCUT2D eigenvalue weighted by molar-refractivity contribution is -0.0498. The van der Waals surface area contributed by atoms with Crippen molar-refractivity contribution < 1.29 is 13.5 Å². The Bertz CT molecular complexity index is 323. The van der Waals surface area contributed by atoms with Crippen LogP contribution in [0.1, 0.15) is 12.8 Å². The molecule has 0 heterocycles. The molecule has 1 N–H and O–H groups in total. The zero-order valence-electron chi connectivity index (χ0n) is 9.79. The molecule has 0 aliphatic rings. The Morgan fingerprint density at radius 3 is 2.88 bits per heavy atom. The molecule has 0 radical (unpaired) electrons. The van der Waals surface area contributed by atoms with Crippen molar-refractivity contribution in [2.24, 2.45) is 0 Å². The second-order valence-corrected chi connectivity index (χ2v) is 4.52. The van der Waals surface area contributed by atoms with E-state index in [1.807, 2.05) is 17.8 Å². The van der Waals surface area contributed by atoms with Crippen LogP contribution in [0, 0.1) is 0 Å². The van der Waals surface area contributed by atoms with Gasteiger partial charge in [0.15, 0.2) is 0 Å². The molecule has 2 nitrogen and oxygen atoms in total. The molecule has 5 heteroatoms. The van der Waals surface area contributed by atoms with E-state index in [0.717, 1.165) is 30.8 Å². The number of hydrogen-bond acceptors (Lipinski definition) is 3. The van der Waals surface area contributed by atoms with Gasteiger partial charge >= 0.3 is 6.61 Å². The minimum atomic E-state index is -2.77. The fourth-order valence-corrected chi connectivity index (χ4v) is 1.88. The quantitative estimate of drug-likeness (QED) is 0.718. The summed E-state index contributed by atoms with van der Waals surface area (Å²) in [5.41, 5.74) is 0.812. The summed E-state index contributed by atoms with van der Waals surface area (Å²) in [7, 11) is 0. The highest BCUT2D eigenvalue weighted by Crippen LogP contribution is 2.19. The number of halogens is 2. The van der Waals surface area contributed by atoms with Gasteiger partial charge in [-0.25, -0.2) is 0 Å². The minimum absolute atomic E-state index is 0.189. The number of thioether (sulfide) groups is 1. The van der Waals surface area contributed by atoms with E-state index in [4.69, 9.17) is 0 Å². The Morgan fingerprint density at radius 2 is 2.18 bits per heavy atom. The van der Waals surface area contributed by atoms with Crippen LogP contribution in [0.2, 0.25) is 0 Å². The molecule has 0 unspecified atom stereocenters. The topological polar surface area (TPSA) is 21.3 Å². The molecule has 1 rings (SSSR count). The highest BCUT2D eigenvalue weighted by atomic mass is 32.2. The predicted octanol–water partition coefficient (Wildman–Crippen LogP) is 3.84. The Labute approximate surface area is 105 Å². The van der Waals surface area contributed by atoms with Crippen molar-refractivity contribution >= 4 is 17.4 Å². The average Bonchev–Trinajstić information content (AvgIpc) is 2.28. The summed E-state index contributed by atoms with van der Waals surface area (Å²) in [6.07, 6.45) is 4.31. The molecular formula is C12H17F2NOS. The summed E-state index contributed by atoms with van der Waals surface area (Å²) in [4.78, 5) is 0. The molecule has 0 aromatic heterocycles. The first-order chi connectivity index (χ1) is 8.22. The first kappa shape index (κ1) is 14.1. The van der Waals surface area contributed by atoms with Gasteiger partial charge in [0.05, 0.1) is 0 Å². The summed E-state index contributed by atoms with van der Waals surface area (Å²) < 4.78 is 28.3. The van der Waals surface area contributed by atoms with Crippen LogP contribution in [0.25, 0.3) is 0 Å². The van der Waals surface area contributed by atoms with Gasteiger partial charge < -0.3 is 10.1 Å². The Hall–Kier alpha value is -0.970. The third-order valence-electron chi connectivity index (χ3n) is 2.16. The van der Waals surface area contributed by atoms with Crippen molar-refractivity contribution in [1.29, 1.82) is 0 Å². The molecule has 0 spiro atoms. The second-order valence-electron chi connectivity index (χ2n) is 3.53. The fourth-order valence-electron chi connectivity index (χ4n) is 1.39. The van der Waals surface area contributed by atoms with Gasteiger partial charge in [0.2, 0.25) is 0 Å². The van der Waals surface area contributed by atoms with E-state index in [2.05, 4.69) is 16.3 Å². The summed E-state index contributed by atoms with van der Waals surface area (Å²) in [5.74, 6) is 1.34. The van der Waals surface area contributed by atoms with Crippen molar-refractivity contribution in [2.75, 3.05) is 23.9 Å². The van der Waals surface area contributed by atoms with Gasteiger partial charge in [-0.05, 0) is 37.0 Å². The van der Waals surface area contributed by atoms with Crippen molar-refractivity contribution in [3.05, 3.63) is 24.3 Å². The van der Waals surface area contributed by atoms with E-state index in [0.29, 0.717) is 0 Å². The van der Waals surface area contributed by atoms with Crippen molar-refractivity contribution in [3.8, 4) is 5.75 Å². The third kappa shape index (κ3) is 6.36. The van der Waals surface area contributed by atoms with E-state index in [-0.39, 0.29) is 5.75 Å². The van der Waals surface area contributed by atoms with E-state index in [1.165, 1.54) is 6.07 Å². The maximum absolute atomic E-state index is 12.0.